The molecule has 19 heavy (non-hydrogen) atoms. The predicted molar refractivity (Wildman–Crippen MR) is 71.5 cm³/mol. The fourth-order valence-electron chi connectivity index (χ4n) is 1.99. The first-order chi connectivity index (χ1) is 8.95. The van der Waals surface area contributed by atoms with E-state index < -0.39 is 11.6 Å². The lowest BCUT2D eigenvalue weighted by Crippen LogP contribution is -2.20. The van der Waals surface area contributed by atoms with Gasteiger partial charge in [-0.3, -0.25) is 0 Å². The van der Waals surface area contributed by atoms with Crippen LogP contribution in [0, 0.1) is 11.6 Å². The van der Waals surface area contributed by atoms with E-state index in [1.807, 2.05) is 6.92 Å². The maximum Gasteiger partial charge on any atom is 0.139 e. The van der Waals surface area contributed by atoms with Crippen molar-refractivity contribution in [3.05, 3.63) is 59.3 Å². The van der Waals surface area contributed by atoms with Gasteiger partial charge in [-0.1, -0.05) is 12.7 Å². The summed E-state index contributed by atoms with van der Waals surface area (Å²) in [6, 6.07) is 2.34. The lowest BCUT2D eigenvalue weighted by atomic mass is 10.0. The largest absolute Gasteiger partial charge is 0.497 e. The van der Waals surface area contributed by atoms with E-state index in [9.17, 15) is 8.78 Å². The van der Waals surface area contributed by atoms with Crippen molar-refractivity contribution in [1.82, 2.24) is 4.90 Å². The van der Waals surface area contributed by atoms with Crippen molar-refractivity contribution >= 4 is 5.70 Å². The lowest BCUT2D eigenvalue weighted by Gasteiger charge is -2.29. The molecule has 2 rings (SSSR count). The molecule has 4 heteroatoms. The third-order valence-electron chi connectivity index (χ3n) is 3.22. The summed E-state index contributed by atoms with van der Waals surface area (Å²) in [5.74, 6) is -1.16. The van der Waals surface area contributed by atoms with Crippen LogP contribution >= 0.6 is 0 Å². The number of nitrogens with zero attached hydrogens (tertiary/aromatic N) is 1. The first-order valence-corrected chi connectivity index (χ1v) is 5.80. The average Bonchev–Trinajstić information content (AvgIpc) is 2.37. The molecule has 0 bridgehead atoms. The van der Waals surface area contributed by atoms with E-state index >= 15 is 0 Å². The summed E-state index contributed by atoms with van der Waals surface area (Å²) in [4.78, 5) is 1.67. The highest BCUT2D eigenvalue weighted by molar-refractivity contribution is 5.71. The Labute approximate surface area is 111 Å². The highest BCUT2D eigenvalue weighted by Crippen LogP contribution is 2.33. The van der Waals surface area contributed by atoms with E-state index in [0.29, 0.717) is 11.4 Å². The van der Waals surface area contributed by atoms with Crippen LogP contribution in [0.25, 0.3) is 5.70 Å². The number of likely N-dealkylation sites (N-methyl/N-ethyl adjacent to an activating group) is 1. The second kappa shape index (κ2) is 4.88. The van der Waals surface area contributed by atoms with Crippen LogP contribution in [0.15, 0.2) is 42.1 Å². The van der Waals surface area contributed by atoms with E-state index in [1.54, 1.807) is 24.1 Å². The smallest absolute Gasteiger partial charge is 0.139 e. The zero-order chi connectivity index (χ0) is 14.2. The summed E-state index contributed by atoms with van der Waals surface area (Å²) < 4.78 is 32.9. The zero-order valence-corrected chi connectivity index (χ0v) is 11.1. The molecule has 2 nitrogen and oxygen atoms in total. The number of hydrogen-bond acceptors (Lipinski definition) is 2. The molecule has 0 saturated carbocycles. The van der Waals surface area contributed by atoms with Crippen LogP contribution in [0.4, 0.5) is 8.78 Å². The molecule has 0 atom stereocenters. The molecule has 1 aliphatic heterocycles. The lowest BCUT2D eigenvalue weighted by molar-refractivity contribution is 0.406. The Morgan fingerprint density at radius 1 is 1.16 bits per heavy atom. The summed E-state index contributed by atoms with van der Waals surface area (Å²) >= 11 is 0. The third kappa shape index (κ3) is 2.26. The van der Waals surface area contributed by atoms with Gasteiger partial charge >= 0.3 is 0 Å². The van der Waals surface area contributed by atoms with E-state index in [0.717, 1.165) is 5.57 Å². The normalized spacial score (nSPS) is 15.2. The maximum atomic E-state index is 14.0. The average molecular weight is 263 g/mol. The SMILES string of the molecule is C=C1C(C)=CC=C(c2c(F)cc(OC)cc2F)N1C. The van der Waals surface area contributed by atoms with Gasteiger partial charge in [-0.05, 0) is 18.6 Å². The van der Waals surface area contributed by atoms with E-state index in [4.69, 9.17) is 4.74 Å². The standard InChI is InChI=1S/C15H15F2NO/c1-9-5-6-14(18(3)10(9)2)15-12(16)7-11(19-4)8-13(15)17/h5-8H,2H2,1,3-4H3. The van der Waals surface area contributed by atoms with Gasteiger partial charge in [-0.25, -0.2) is 8.78 Å². The van der Waals surface area contributed by atoms with Crippen LogP contribution in [0.3, 0.4) is 0 Å². The van der Waals surface area contributed by atoms with Gasteiger partial charge < -0.3 is 9.64 Å². The molecule has 0 amide bonds. The molecule has 0 unspecified atom stereocenters. The van der Waals surface area contributed by atoms with Crippen molar-refractivity contribution in [2.45, 2.75) is 6.92 Å². The number of benzene rings is 1. The van der Waals surface area contributed by atoms with Crippen molar-refractivity contribution < 1.29 is 13.5 Å². The minimum absolute atomic E-state index is 0.0757. The number of rotatable bonds is 2. The van der Waals surface area contributed by atoms with Crippen molar-refractivity contribution in [1.29, 1.82) is 0 Å². The van der Waals surface area contributed by atoms with Gasteiger partial charge in [0.15, 0.2) is 0 Å². The molecule has 1 aromatic rings. The highest BCUT2D eigenvalue weighted by Gasteiger charge is 2.22. The van der Waals surface area contributed by atoms with E-state index in [-0.39, 0.29) is 11.3 Å². The fraction of sp³-hybridized carbons (Fsp3) is 0.200. The van der Waals surface area contributed by atoms with Crippen LogP contribution in [0.5, 0.6) is 5.75 Å². The Hall–Kier alpha value is -2.10. The maximum absolute atomic E-state index is 14.0. The Morgan fingerprint density at radius 2 is 1.74 bits per heavy atom. The van der Waals surface area contributed by atoms with Crippen LogP contribution in [-0.2, 0) is 0 Å². The number of halogens is 2. The number of ether oxygens (including phenoxy) is 1. The van der Waals surface area contributed by atoms with E-state index in [2.05, 4.69) is 6.58 Å². The Bertz CT molecular complexity index is 579. The quantitative estimate of drug-likeness (QED) is 0.806. The second-order valence-electron chi connectivity index (χ2n) is 4.37. The molecule has 0 spiro atoms. The summed E-state index contributed by atoms with van der Waals surface area (Å²) in [6.07, 6.45) is 3.47. The first kappa shape index (κ1) is 13.3. The van der Waals surface area contributed by atoms with Gasteiger partial charge in [0.1, 0.15) is 17.4 Å². The van der Waals surface area contributed by atoms with Gasteiger partial charge in [-0.2, -0.15) is 0 Å². The molecule has 1 aliphatic rings. The minimum atomic E-state index is -0.657. The molecule has 100 valence electrons. The van der Waals surface area contributed by atoms with Crippen molar-refractivity contribution in [3.8, 4) is 5.75 Å². The van der Waals surface area contributed by atoms with Crippen LogP contribution in [-0.4, -0.2) is 19.1 Å². The van der Waals surface area contributed by atoms with Gasteiger partial charge in [-0.15, -0.1) is 0 Å². The molecule has 1 aromatic carbocycles. The molecule has 0 aromatic heterocycles. The van der Waals surface area contributed by atoms with Crippen molar-refractivity contribution in [2.24, 2.45) is 0 Å². The monoisotopic (exact) mass is 263 g/mol. The molecule has 1 heterocycles. The summed E-state index contributed by atoms with van der Waals surface area (Å²) in [6.45, 7) is 5.79. The second-order valence-corrected chi connectivity index (χ2v) is 4.37. The molecular formula is C15H15F2NO. The molecular weight excluding hydrogens is 248 g/mol. The summed E-state index contributed by atoms with van der Waals surface area (Å²) in [5, 5.41) is 0. The van der Waals surface area contributed by atoms with Crippen molar-refractivity contribution in [2.75, 3.05) is 14.2 Å². The van der Waals surface area contributed by atoms with Gasteiger partial charge in [0.2, 0.25) is 0 Å². The fourth-order valence-corrected chi connectivity index (χ4v) is 1.99. The summed E-state index contributed by atoms with van der Waals surface area (Å²) in [7, 11) is 3.10. The summed E-state index contributed by atoms with van der Waals surface area (Å²) in [5.41, 5.74) is 2.04. The number of allylic oxidation sites excluding steroid dienone is 3. The molecule has 0 aliphatic carbocycles. The topological polar surface area (TPSA) is 12.5 Å². The Kier molecular flexibility index (Phi) is 3.42. The number of hydrogen-bond donors (Lipinski definition) is 0. The highest BCUT2D eigenvalue weighted by atomic mass is 19.1. The van der Waals surface area contributed by atoms with Crippen LogP contribution in [0.2, 0.25) is 0 Å². The molecule has 0 N–H and O–H groups in total. The Balaban J connectivity index is 2.57. The molecule has 0 saturated heterocycles. The van der Waals surface area contributed by atoms with Gasteiger partial charge in [0, 0.05) is 24.9 Å². The Morgan fingerprint density at radius 3 is 2.26 bits per heavy atom. The minimum Gasteiger partial charge on any atom is -0.497 e. The molecule has 0 fully saturated rings. The number of methoxy groups -OCH3 is 1. The van der Waals surface area contributed by atoms with Gasteiger partial charge in [0.05, 0.1) is 18.4 Å². The van der Waals surface area contributed by atoms with Crippen molar-refractivity contribution in [3.63, 3.8) is 0 Å². The molecule has 0 radical (unpaired) electrons. The van der Waals surface area contributed by atoms with E-state index in [1.165, 1.54) is 19.2 Å². The zero-order valence-electron chi connectivity index (χ0n) is 11.1. The van der Waals surface area contributed by atoms with Crippen LogP contribution < -0.4 is 4.74 Å². The third-order valence-corrected chi connectivity index (χ3v) is 3.22. The first-order valence-electron chi connectivity index (χ1n) is 5.80. The van der Waals surface area contributed by atoms with Crippen LogP contribution in [0.1, 0.15) is 12.5 Å². The van der Waals surface area contributed by atoms with Gasteiger partial charge in [0.25, 0.3) is 0 Å². The predicted octanol–water partition coefficient (Wildman–Crippen LogP) is 3.72.